The quantitative estimate of drug-likeness (QED) is 0.474. The van der Waals surface area contributed by atoms with Crippen LogP contribution in [0.4, 0.5) is 5.69 Å². The van der Waals surface area contributed by atoms with E-state index < -0.39 is 5.91 Å². The van der Waals surface area contributed by atoms with Gasteiger partial charge < -0.3 is 15.4 Å². The zero-order valence-electron chi connectivity index (χ0n) is 16.9. The van der Waals surface area contributed by atoms with E-state index in [1.54, 1.807) is 42.5 Å². The summed E-state index contributed by atoms with van der Waals surface area (Å²) >= 11 is 3.37. The molecule has 0 atom stereocenters. The fourth-order valence-corrected chi connectivity index (χ4v) is 3.27. The molecule has 3 aromatic carbocycles. The Morgan fingerprint density at radius 1 is 0.871 bits per heavy atom. The third-order valence-corrected chi connectivity index (χ3v) is 4.92. The van der Waals surface area contributed by atoms with Crippen LogP contribution < -0.4 is 15.4 Å². The van der Waals surface area contributed by atoms with Gasteiger partial charge in [0, 0.05) is 21.3 Å². The molecule has 0 spiro atoms. The molecular formula is C24H21BrN2O4. The van der Waals surface area contributed by atoms with Crippen LogP contribution in [0, 0.1) is 6.92 Å². The molecule has 0 aliphatic rings. The van der Waals surface area contributed by atoms with Gasteiger partial charge in [-0.05, 0) is 55.0 Å². The van der Waals surface area contributed by atoms with Crippen LogP contribution in [0.15, 0.2) is 77.3 Å². The minimum Gasteiger partial charge on any atom is -0.484 e. The van der Waals surface area contributed by atoms with E-state index in [1.165, 1.54) is 0 Å². The molecule has 0 radical (unpaired) electrons. The van der Waals surface area contributed by atoms with E-state index in [-0.39, 0.29) is 24.8 Å². The standard InChI is InChI=1S/C24H21BrN2O4/c1-16-13-19(25)9-12-21(16)27-22(28)14-26-23(29)15-31-20-10-7-18(8-11-20)24(30)17-5-3-2-4-6-17/h2-13H,14-15H2,1H3,(H,26,29)(H,27,28). The summed E-state index contributed by atoms with van der Waals surface area (Å²) in [6.07, 6.45) is 0. The number of ether oxygens (including phenoxy) is 1. The molecule has 0 heterocycles. The van der Waals surface area contributed by atoms with E-state index in [4.69, 9.17) is 4.74 Å². The molecule has 2 amide bonds. The summed E-state index contributed by atoms with van der Waals surface area (Å²) < 4.78 is 6.35. The highest BCUT2D eigenvalue weighted by atomic mass is 79.9. The van der Waals surface area contributed by atoms with Crippen molar-refractivity contribution < 1.29 is 19.1 Å². The lowest BCUT2D eigenvalue weighted by atomic mass is 10.0. The number of aryl methyl sites for hydroxylation is 1. The van der Waals surface area contributed by atoms with Crippen molar-refractivity contribution in [2.45, 2.75) is 6.92 Å². The molecule has 2 N–H and O–H groups in total. The molecule has 3 rings (SSSR count). The second kappa shape index (κ2) is 10.5. The lowest BCUT2D eigenvalue weighted by molar-refractivity contribution is -0.125. The molecule has 158 valence electrons. The van der Waals surface area contributed by atoms with Crippen molar-refractivity contribution in [2.24, 2.45) is 0 Å². The number of hydrogen-bond acceptors (Lipinski definition) is 4. The van der Waals surface area contributed by atoms with Crippen molar-refractivity contribution in [3.63, 3.8) is 0 Å². The maximum Gasteiger partial charge on any atom is 0.258 e. The largest absolute Gasteiger partial charge is 0.484 e. The summed E-state index contributed by atoms with van der Waals surface area (Å²) in [6.45, 7) is 1.48. The Morgan fingerprint density at radius 3 is 2.23 bits per heavy atom. The van der Waals surface area contributed by atoms with Gasteiger partial charge in [-0.2, -0.15) is 0 Å². The number of amides is 2. The summed E-state index contributed by atoms with van der Waals surface area (Å²) in [5.41, 5.74) is 2.73. The fraction of sp³-hybridized carbons (Fsp3) is 0.125. The number of carbonyl (C=O) groups excluding carboxylic acids is 3. The van der Waals surface area contributed by atoms with Gasteiger partial charge in [-0.3, -0.25) is 14.4 Å². The van der Waals surface area contributed by atoms with Crippen LogP contribution in [0.25, 0.3) is 0 Å². The first-order valence-electron chi connectivity index (χ1n) is 9.57. The van der Waals surface area contributed by atoms with Gasteiger partial charge >= 0.3 is 0 Å². The molecule has 0 bridgehead atoms. The molecular weight excluding hydrogens is 460 g/mol. The van der Waals surface area contributed by atoms with E-state index in [0.29, 0.717) is 22.6 Å². The third kappa shape index (κ3) is 6.52. The fourth-order valence-electron chi connectivity index (χ4n) is 2.80. The Morgan fingerprint density at radius 2 is 1.55 bits per heavy atom. The second-order valence-electron chi connectivity index (χ2n) is 6.79. The van der Waals surface area contributed by atoms with Crippen LogP contribution in [0.3, 0.4) is 0 Å². The second-order valence-corrected chi connectivity index (χ2v) is 7.71. The molecule has 0 fully saturated rings. The number of rotatable bonds is 8. The Hall–Kier alpha value is -3.45. The summed E-state index contributed by atoms with van der Waals surface area (Å²) in [5.74, 6) is -0.388. The number of carbonyl (C=O) groups is 3. The van der Waals surface area contributed by atoms with Gasteiger partial charge in [-0.25, -0.2) is 0 Å². The maximum absolute atomic E-state index is 12.4. The summed E-state index contributed by atoms with van der Waals surface area (Å²) in [4.78, 5) is 36.4. The zero-order valence-corrected chi connectivity index (χ0v) is 18.4. The number of hydrogen-bond donors (Lipinski definition) is 2. The van der Waals surface area contributed by atoms with E-state index in [0.717, 1.165) is 10.0 Å². The smallest absolute Gasteiger partial charge is 0.258 e. The summed E-state index contributed by atoms with van der Waals surface area (Å²) in [7, 11) is 0. The van der Waals surface area contributed by atoms with Crippen LogP contribution >= 0.6 is 15.9 Å². The number of nitrogens with one attached hydrogen (secondary N) is 2. The van der Waals surface area contributed by atoms with Gasteiger partial charge in [0.1, 0.15) is 5.75 Å². The molecule has 0 unspecified atom stereocenters. The van der Waals surface area contributed by atoms with Crippen LogP contribution in [0.1, 0.15) is 21.5 Å². The van der Waals surface area contributed by atoms with Gasteiger partial charge in [0.05, 0.1) is 6.54 Å². The Kier molecular flexibility index (Phi) is 7.56. The first-order chi connectivity index (χ1) is 14.9. The molecule has 3 aromatic rings. The molecule has 0 saturated carbocycles. The highest BCUT2D eigenvalue weighted by molar-refractivity contribution is 9.10. The SMILES string of the molecule is Cc1cc(Br)ccc1NC(=O)CNC(=O)COc1ccc(C(=O)c2ccccc2)cc1. The summed E-state index contributed by atoms with van der Waals surface area (Å²) in [5, 5.41) is 5.27. The van der Waals surface area contributed by atoms with Crippen molar-refractivity contribution in [3.05, 3.63) is 94.0 Å². The minimum atomic E-state index is -0.424. The van der Waals surface area contributed by atoms with E-state index >= 15 is 0 Å². The first-order valence-corrected chi connectivity index (χ1v) is 10.4. The number of ketones is 1. The lowest BCUT2D eigenvalue weighted by Crippen LogP contribution is -2.35. The topological polar surface area (TPSA) is 84.5 Å². The van der Waals surface area contributed by atoms with E-state index in [2.05, 4.69) is 26.6 Å². The maximum atomic E-state index is 12.4. The molecule has 0 aliphatic heterocycles. The van der Waals surface area contributed by atoms with Gasteiger partial charge in [0.15, 0.2) is 12.4 Å². The molecule has 6 nitrogen and oxygen atoms in total. The normalized spacial score (nSPS) is 10.3. The Bertz CT molecular complexity index is 1080. The highest BCUT2D eigenvalue weighted by Gasteiger charge is 2.10. The Balaban J connectivity index is 1.44. The molecule has 0 aliphatic carbocycles. The van der Waals surface area contributed by atoms with Crippen LogP contribution in [0.5, 0.6) is 5.75 Å². The van der Waals surface area contributed by atoms with E-state index in [9.17, 15) is 14.4 Å². The number of halogens is 1. The first kappa shape index (κ1) is 22.2. The lowest BCUT2D eigenvalue weighted by Gasteiger charge is -2.10. The third-order valence-electron chi connectivity index (χ3n) is 4.43. The molecule has 7 heteroatoms. The predicted octanol–water partition coefficient (Wildman–Crippen LogP) is 4.12. The van der Waals surface area contributed by atoms with Crippen molar-refractivity contribution in [2.75, 3.05) is 18.5 Å². The van der Waals surface area contributed by atoms with Crippen molar-refractivity contribution >= 4 is 39.2 Å². The Labute approximate surface area is 188 Å². The van der Waals surface area contributed by atoms with Gasteiger partial charge in [0.2, 0.25) is 5.91 Å². The summed E-state index contributed by atoms with van der Waals surface area (Å²) in [6, 6.07) is 21.0. The van der Waals surface area contributed by atoms with Gasteiger partial charge in [-0.1, -0.05) is 46.3 Å². The van der Waals surface area contributed by atoms with Crippen LogP contribution in [0.2, 0.25) is 0 Å². The van der Waals surface area contributed by atoms with Gasteiger partial charge in [0.25, 0.3) is 5.91 Å². The number of anilines is 1. The van der Waals surface area contributed by atoms with Gasteiger partial charge in [-0.15, -0.1) is 0 Å². The van der Waals surface area contributed by atoms with Crippen LogP contribution in [-0.4, -0.2) is 30.7 Å². The van der Waals surface area contributed by atoms with Crippen molar-refractivity contribution in [3.8, 4) is 5.75 Å². The average molecular weight is 481 g/mol. The van der Waals surface area contributed by atoms with Crippen molar-refractivity contribution in [1.82, 2.24) is 5.32 Å². The number of benzene rings is 3. The molecule has 0 saturated heterocycles. The monoisotopic (exact) mass is 480 g/mol. The van der Waals surface area contributed by atoms with E-state index in [1.807, 2.05) is 37.3 Å². The van der Waals surface area contributed by atoms with Crippen molar-refractivity contribution in [1.29, 1.82) is 0 Å². The molecule has 0 aromatic heterocycles. The molecule has 31 heavy (non-hydrogen) atoms. The average Bonchev–Trinajstić information content (AvgIpc) is 2.78. The highest BCUT2D eigenvalue weighted by Crippen LogP contribution is 2.20. The zero-order chi connectivity index (χ0) is 22.2. The van der Waals surface area contributed by atoms with Crippen LogP contribution in [-0.2, 0) is 9.59 Å². The predicted molar refractivity (Wildman–Crippen MR) is 122 cm³/mol. The minimum absolute atomic E-state index is 0.0862.